The second-order valence-electron chi connectivity index (χ2n) is 5.37. The van der Waals surface area contributed by atoms with Gasteiger partial charge in [0, 0.05) is 28.4 Å². The lowest BCUT2D eigenvalue weighted by atomic mass is 10.1. The number of rotatable bonds is 4. The van der Waals surface area contributed by atoms with Crippen molar-refractivity contribution in [2.45, 2.75) is 6.92 Å². The first-order valence-electron chi connectivity index (χ1n) is 7.34. The molecule has 2 N–H and O–H groups in total. The normalized spacial score (nSPS) is 10.7. The summed E-state index contributed by atoms with van der Waals surface area (Å²) in [6.45, 7) is 1.89. The average Bonchev–Trinajstić information content (AvgIpc) is 2.98. The highest BCUT2D eigenvalue weighted by Crippen LogP contribution is 2.33. The summed E-state index contributed by atoms with van der Waals surface area (Å²) in [7, 11) is 3.14. The van der Waals surface area contributed by atoms with Crippen LogP contribution in [0.4, 0.5) is 5.69 Å². The summed E-state index contributed by atoms with van der Waals surface area (Å²) in [5.74, 6) is 0.965. The minimum absolute atomic E-state index is 0.209. The van der Waals surface area contributed by atoms with Gasteiger partial charge < -0.3 is 19.8 Å². The zero-order valence-corrected chi connectivity index (χ0v) is 14.3. The van der Waals surface area contributed by atoms with E-state index in [1.165, 1.54) is 0 Å². The predicted molar refractivity (Wildman–Crippen MR) is 95.5 cm³/mol. The van der Waals surface area contributed by atoms with Crippen molar-refractivity contribution in [3.05, 3.63) is 52.7 Å². The van der Waals surface area contributed by atoms with Crippen molar-refractivity contribution in [3.8, 4) is 11.5 Å². The largest absolute Gasteiger partial charge is 0.493 e. The minimum atomic E-state index is -0.209. The molecule has 0 saturated heterocycles. The van der Waals surface area contributed by atoms with Crippen LogP contribution in [0.15, 0.2) is 36.5 Å². The number of aromatic nitrogens is 1. The van der Waals surface area contributed by atoms with Crippen LogP contribution in [0.25, 0.3) is 10.9 Å². The molecule has 0 spiro atoms. The fraction of sp³-hybridized carbons (Fsp3) is 0.167. The Hall–Kier alpha value is -2.66. The van der Waals surface area contributed by atoms with E-state index in [4.69, 9.17) is 21.1 Å². The Balaban J connectivity index is 1.98. The number of fused-ring (bicyclic) bond motifs is 1. The molecule has 0 aliphatic rings. The SMILES string of the molecule is COc1cc2[nH]cc(C(=O)Nc3ccc(Cl)cc3C)c2cc1OC. The molecule has 0 radical (unpaired) electrons. The van der Waals surface area contributed by atoms with Crippen LogP contribution in [0, 0.1) is 6.92 Å². The number of carbonyl (C=O) groups is 1. The van der Waals surface area contributed by atoms with E-state index in [0.29, 0.717) is 22.1 Å². The number of carbonyl (C=O) groups excluding carboxylic acids is 1. The van der Waals surface area contributed by atoms with Gasteiger partial charge in [-0.05, 0) is 36.8 Å². The maximum absolute atomic E-state index is 12.6. The molecule has 0 saturated carbocycles. The molecule has 0 aliphatic heterocycles. The second-order valence-corrected chi connectivity index (χ2v) is 5.80. The summed E-state index contributed by atoms with van der Waals surface area (Å²) in [5.41, 5.74) is 2.94. The molecule has 0 fully saturated rings. The predicted octanol–water partition coefficient (Wildman–Crippen LogP) is 4.40. The molecule has 0 unspecified atom stereocenters. The number of aryl methyl sites for hydroxylation is 1. The van der Waals surface area contributed by atoms with E-state index in [1.807, 2.05) is 6.92 Å². The Bertz CT molecular complexity index is 918. The van der Waals surface area contributed by atoms with E-state index in [1.54, 1.807) is 50.7 Å². The summed E-state index contributed by atoms with van der Waals surface area (Å²) in [4.78, 5) is 15.7. The van der Waals surface area contributed by atoms with E-state index >= 15 is 0 Å². The van der Waals surface area contributed by atoms with Crippen LogP contribution in [0.2, 0.25) is 5.02 Å². The lowest BCUT2D eigenvalue weighted by Gasteiger charge is -2.09. The quantitative estimate of drug-likeness (QED) is 0.737. The molecule has 2 aromatic carbocycles. The van der Waals surface area contributed by atoms with Crippen molar-refractivity contribution in [2.24, 2.45) is 0 Å². The zero-order chi connectivity index (χ0) is 17.3. The number of hydrogen-bond acceptors (Lipinski definition) is 3. The van der Waals surface area contributed by atoms with Gasteiger partial charge in [0.05, 0.1) is 25.3 Å². The Morgan fingerprint density at radius 3 is 2.50 bits per heavy atom. The van der Waals surface area contributed by atoms with Gasteiger partial charge in [0.1, 0.15) is 0 Å². The minimum Gasteiger partial charge on any atom is -0.493 e. The van der Waals surface area contributed by atoms with Crippen molar-refractivity contribution in [1.82, 2.24) is 4.98 Å². The van der Waals surface area contributed by atoms with Crippen molar-refractivity contribution in [2.75, 3.05) is 19.5 Å². The number of benzene rings is 2. The molecule has 1 aromatic heterocycles. The monoisotopic (exact) mass is 344 g/mol. The number of hydrogen-bond donors (Lipinski definition) is 2. The molecular formula is C18H17ClN2O3. The Morgan fingerprint density at radius 1 is 1.12 bits per heavy atom. The Morgan fingerprint density at radius 2 is 1.83 bits per heavy atom. The van der Waals surface area contributed by atoms with Crippen LogP contribution >= 0.6 is 11.6 Å². The number of nitrogens with one attached hydrogen (secondary N) is 2. The summed E-state index contributed by atoms with van der Waals surface area (Å²) < 4.78 is 10.6. The Labute approximate surface area is 144 Å². The van der Waals surface area contributed by atoms with Gasteiger partial charge in [0.25, 0.3) is 5.91 Å². The van der Waals surface area contributed by atoms with Gasteiger partial charge in [-0.2, -0.15) is 0 Å². The maximum atomic E-state index is 12.6. The van der Waals surface area contributed by atoms with E-state index < -0.39 is 0 Å². The molecule has 1 heterocycles. The van der Waals surface area contributed by atoms with E-state index in [0.717, 1.165) is 22.2 Å². The van der Waals surface area contributed by atoms with Crippen LogP contribution in [-0.2, 0) is 0 Å². The lowest BCUT2D eigenvalue weighted by Crippen LogP contribution is -2.12. The van der Waals surface area contributed by atoms with Gasteiger partial charge in [-0.25, -0.2) is 0 Å². The first kappa shape index (κ1) is 16.2. The van der Waals surface area contributed by atoms with Crippen LogP contribution in [0.5, 0.6) is 11.5 Å². The molecule has 0 atom stereocenters. The number of ether oxygens (including phenoxy) is 2. The summed E-state index contributed by atoms with van der Waals surface area (Å²) in [6, 6.07) is 8.92. The molecule has 24 heavy (non-hydrogen) atoms. The maximum Gasteiger partial charge on any atom is 0.257 e. The van der Waals surface area contributed by atoms with E-state index in [-0.39, 0.29) is 5.91 Å². The molecule has 0 bridgehead atoms. The van der Waals surface area contributed by atoms with E-state index in [9.17, 15) is 4.79 Å². The number of methoxy groups -OCH3 is 2. The third kappa shape index (κ3) is 2.90. The number of amides is 1. The van der Waals surface area contributed by atoms with Crippen molar-refractivity contribution in [3.63, 3.8) is 0 Å². The molecule has 3 aromatic rings. The number of aromatic amines is 1. The van der Waals surface area contributed by atoms with Crippen LogP contribution in [0.3, 0.4) is 0 Å². The average molecular weight is 345 g/mol. The van der Waals surface area contributed by atoms with Gasteiger partial charge in [-0.15, -0.1) is 0 Å². The fourth-order valence-electron chi connectivity index (χ4n) is 2.59. The van der Waals surface area contributed by atoms with Gasteiger partial charge in [-0.1, -0.05) is 11.6 Å². The fourth-order valence-corrected chi connectivity index (χ4v) is 2.82. The highest BCUT2D eigenvalue weighted by molar-refractivity contribution is 6.30. The smallest absolute Gasteiger partial charge is 0.257 e. The van der Waals surface area contributed by atoms with Crippen LogP contribution < -0.4 is 14.8 Å². The van der Waals surface area contributed by atoms with Gasteiger partial charge in [0.15, 0.2) is 11.5 Å². The summed E-state index contributed by atoms with van der Waals surface area (Å²) >= 11 is 5.95. The molecular weight excluding hydrogens is 328 g/mol. The van der Waals surface area contributed by atoms with Gasteiger partial charge in [0.2, 0.25) is 0 Å². The van der Waals surface area contributed by atoms with Crippen molar-refractivity contribution < 1.29 is 14.3 Å². The highest BCUT2D eigenvalue weighted by Gasteiger charge is 2.16. The molecule has 3 rings (SSSR count). The van der Waals surface area contributed by atoms with Crippen molar-refractivity contribution in [1.29, 1.82) is 0 Å². The summed E-state index contributed by atoms with van der Waals surface area (Å²) in [5, 5.41) is 4.30. The Kier molecular flexibility index (Phi) is 4.36. The zero-order valence-electron chi connectivity index (χ0n) is 13.6. The number of halogens is 1. The summed E-state index contributed by atoms with van der Waals surface area (Å²) in [6.07, 6.45) is 1.67. The van der Waals surface area contributed by atoms with Gasteiger partial charge >= 0.3 is 0 Å². The first-order chi connectivity index (χ1) is 11.5. The standard InChI is InChI=1S/C18H17ClN2O3/c1-10-6-11(19)4-5-14(10)21-18(22)13-9-20-15-8-17(24-3)16(23-2)7-12(13)15/h4-9,20H,1-3H3,(H,21,22). The third-order valence-electron chi connectivity index (χ3n) is 3.87. The molecule has 0 aliphatic carbocycles. The first-order valence-corrected chi connectivity index (χ1v) is 7.72. The van der Waals surface area contributed by atoms with Crippen LogP contribution in [-0.4, -0.2) is 25.1 Å². The van der Waals surface area contributed by atoms with Gasteiger partial charge in [-0.3, -0.25) is 4.79 Å². The second kappa shape index (κ2) is 6.45. The molecule has 6 heteroatoms. The molecule has 124 valence electrons. The lowest BCUT2D eigenvalue weighted by molar-refractivity contribution is 0.102. The van der Waals surface area contributed by atoms with Crippen molar-refractivity contribution >= 4 is 34.1 Å². The number of H-pyrrole nitrogens is 1. The number of anilines is 1. The third-order valence-corrected chi connectivity index (χ3v) is 4.10. The van der Waals surface area contributed by atoms with Crippen LogP contribution in [0.1, 0.15) is 15.9 Å². The molecule has 5 nitrogen and oxygen atoms in total. The van der Waals surface area contributed by atoms with E-state index in [2.05, 4.69) is 10.3 Å². The topological polar surface area (TPSA) is 63.4 Å². The highest BCUT2D eigenvalue weighted by atomic mass is 35.5. The molecule has 1 amide bonds.